The summed E-state index contributed by atoms with van der Waals surface area (Å²) in [4.78, 5) is 0. The molecule has 2 nitrogen and oxygen atoms in total. The molecule has 4 aromatic carbocycles. The van der Waals surface area contributed by atoms with E-state index in [-0.39, 0.29) is 23.4 Å². The molecule has 146 valence electrons. The van der Waals surface area contributed by atoms with Gasteiger partial charge < -0.3 is 9.47 Å². The Morgan fingerprint density at radius 1 is 0.533 bits per heavy atom. The molecule has 2 heterocycles. The summed E-state index contributed by atoms with van der Waals surface area (Å²) in [5.41, 5.74) is 7.09. The average Bonchev–Trinajstić information content (AvgIpc) is 3.68. The van der Waals surface area contributed by atoms with Gasteiger partial charge in [-0.3, -0.25) is 0 Å². The number of hydrogen-bond acceptors (Lipinski definition) is 2. The highest BCUT2D eigenvalue weighted by Crippen LogP contribution is 2.70. The van der Waals surface area contributed by atoms with Gasteiger partial charge in [0.2, 0.25) is 0 Å². The quantitative estimate of drug-likeness (QED) is 0.369. The molecule has 0 spiro atoms. The maximum absolute atomic E-state index is 6.39. The van der Waals surface area contributed by atoms with E-state index in [1.165, 1.54) is 44.2 Å². The summed E-state index contributed by atoms with van der Waals surface area (Å²) < 4.78 is 12.8. The van der Waals surface area contributed by atoms with E-state index in [1.807, 2.05) is 0 Å². The first-order chi connectivity index (χ1) is 14.6. The number of fused-ring (bicyclic) bond motifs is 7. The first-order valence-electron chi connectivity index (χ1n) is 10.7. The Balaban J connectivity index is 1.72. The van der Waals surface area contributed by atoms with Crippen LogP contribution in [0.1, 0.15) is 25.0 Å². The molecule has 1 aliphatic carbocycles. The van der Waals surface area contributed by atoms with Crippen LogP contribution in [0.3, 0.4) is 0 Å². The van der Waals surface area contributed by atoms with Crippen LogP contribution in [0, 0.1) is 0 Å². The number of rotatable bonds is 2. The van der Waals surface area contributed by atoms with Gasteiger partial charge in [0.25, 0.3) is 0 Å². The molecule has 2 fully saturated rings. The highest BCUT2D eigenvalue weighted by molar-refractivity contribution is 6.09. The second-order valence-electron chi connectivity index (χ2n) is 9.07. The van der Waals surface area contributed by atoms with E-state index in [1.54, 1.807) is 0 Å². The van der Waals surface area contributed by atoms with Crippen LogP contribution in [0.5, 0.6) is 0 Å². The molecular formula is C28H22O2. The highest BCUT2D eigenvalue weighted by Gasteiger charge is 2.77. The van der Waals surface area contributed by atoms with Crippen LogP contribution in [0.4, 0.5) is 0 Å². The minimum atomic E-state index is -0.297. The van der Waals surface area contributed by atoms with Crippen LogP contribution in [0.25, 0.3) is 33.0 Å². The first kappa shape index (κ1) is 16.8. The predicted octanol–water partition coefficient (Wildman–Crippen LogP) is 6.42. The highest BCUT2D eigenvalue weighted by atomic mass is 16.7. The molecule has 0 aromatic heterocycles. The summed E-state index contributed by atoms with van der Waals surface area (Å²) in [7, 11) is 0. The lowest BCUT2D eigenvalue weighted by Gasteiger charge is -2.29. The molecule has 0 unspecified atom stereocenters. The van der Waals surface area contributed by atoms with Crippen molar-refractivity contribution >= 4 is 10.8 Å². The van der Waals surface area contributed by atoms with Crippen molar-refractivity contribution in [2.75, 3.05) is 0 Å². The van der Waals surface area contributed by atoms with Gasteiger partial charge in [0.05, 0.1) is 0 Å². The zero-order valence-corrected chi connectivity index (χ0v) is 17.1. The topological polar surface area (TPSA) is 25.1 Å². The van der Waals surface area contributed by atoms with Crippen molar-refractivity contribution in [2.24, 2.45) is 0 Å². The lowest BCUT2D eigenvalue weighted by atomic mass is 9.70. The fourth-order valence-corrected chi connectivity index (χ4v) is 5.80. The van der Waals surface area contributed by atoms with Crippen LogP contribution < -0.4 is 0 Å². The van der Waals surface area contributed by atoms with Gasteiger partial charge >= 0.3 is 0 Å². The van der Waals surface area contributed by atoms with Gasteiger partial charge in [0.1, 0.15) is 23.4 Å². The average molecular weight is 390 g/mol. The molecule has 0 amide bonds. The van der Waals surface area contributed by atoms with Gasteiger partial charge in [-0.1, -0.05) is 84.9 Å². The maximum atomic E-state index is 6.39. The molecule has 30 heavy (non-hydrogen) atoms. The lowest BCUT2D eigenvalue weighted by Crippen LogP contribution is -2.28. The van der Waals surface area contributed by atoms with Crippen LogP contribution in [-0.2, 0) is 20.7 Å². The Hall–Kier alpha value is -2.94. The van der Waals surface area contributed by atoms with Gasteiger partial charge in [-0.2, -0.15) is 0 Å². The molecular weight excluding hydrogens is 368 g/mol. The summed E-state index contributed by atoms with van der Waals surface area (Å²) in [6.07, 6.45) is 0.282. The molecule has 2 heteroatoms. The van der Waals surface area contributed by atoms with Gasteiger partial charge in [0.15, 0.2) is 0 Å². The summed E-state index contributed by atoms with van der Waals surface area (Å²) in [5.74, 6) is 0. The molecule has 0 N–H and O–H groups in total. The molecule has 0 radical (unpaired) electrons. The third kappa shape index (κ3) is 1.96. The Bertz CT molecular complexity index is 1220. The van der Waals surface area contributed by atoms with E-state index in [4.69, 9.17) is 9.47 Å². The normalized spacial score (nSPS) is 30.3. The minimum absolute atomic E-state index is 0.141. The molecule has 0 bridgehead atoms. The van der Waals surface area contributed by atoms with Crippen LogP contribution in [0.2, 0.25) is 0 Å². The molecule has 0 saturated carbocycles. The van der Waals surface area contributed by atoms with E-state index in [2.05, 4.69) is 98.8 Å². The van der Waals surface area contributed by atoms with Crippen molar-refractivity contribution in [3.05, 3.63) is 96.1 Å². The third-order valence-corrected chi connectivity index (χ3v) is 7.32. The fourth-order valence-electron chi connectivity index (χ4n) is 5.80. The second kappa shape index (κ2) is 5.40. The number of epoxide rings is 2. The smallest absolute Gasteiger partial charge is 0.121 e. The van der Waals surface area contributed by atoms with Gasteiger partial charge in [-0.15, -0.1) is 0 Å². The zero-order chi connectivity index (χ0) is 20.1. The van der Waals surface area contributed by atoms with E-state index in [9.17, 15) is 0 Å². The Morgan fingerprint density at radius 2 is 0.900 bits per heavy atom. The fraction of sp³-hybridized carbons (Fsp3) is 0.214. The molecule has 2 saturated heterocycles. The molecule has 4 atom stereocenters. The monoisotopic (exact) mass is 390 g/mol. The number of hydrogen-bond donors (Lipinski definition) is 0. The SMILES string of the molecule is C[C@@]12O[C@@H]1[C@@H]1O[C@]1(C)c1c2c(-c2ccccc2)c2ccccc2c1-c1ccccc1. The van der Waals surface area contributed by atoms with Crippen molar-refractivity contribution in [3.63, 3.8) is 0 Å². The van der Waals surface area contributed by atoms with E-state index in [0.717, 1.165) is 0 Å². The standard InChI is InChI=1S/C28H22O2/c1-27-23-21(17-11-5-3-6-12-17)19-15-9-10-16-20(19)22(18-13-7-4-8-14-18)24(23)28(2)26(30-28)25(27)29-27/h3-16,25-26H,1-2H3/t25-,26+,27+,28-. The molecule has 2 aliphatic heterocycles. The third-order valence-electron chi connectivity index (χ3n) is 7.32. The van der Waals surface area contributed by atoms with Gasteiger partial charge in [-0.05, 0) is 46.9 Å². The summed E-state index contributed by atoms with van der Waals surface area (Å²) in [6.45, 7) is 4.49. The van der Waals surface area contributed by atoms with Crippen molar-refractivity contribution < 1.29 is 9.47 Å². The van der Waals surface area contributed by atoms with Crippen LogP contribution in [-0.4, -0.2) is 12.2 Å². The van der Waals surface area contributed by atoms with E-state index >= 15 is 0 Å². The Labute approximate surface area is 176 Å². The van der Waals surface area contributed by atoms with Crippen molar-refractivity contribution in [3.8, 4) is 22.3 Å². The largest absolute Gasteiger partial charge is 0.358 e. The maximum Gasteiger partial charge on any atom is 0.121 e. The van der Waals surface area contributed by atoms with Gasteiger partial charge in [0, 0.05) is 11.1 Å². The van der Waals surface area contributed by atoms with Gasteiger partial charge in [-0.25, -0.2) is 0 Å². The van der Waals surface area contributed by atoms with E-state index in [0.29, 0.717) is 0 Å². The molecule has 4 aromatic rings. The number of benzene rings is 4. The molecule has 3 aliphatic rings. The Kier molecular flexibility index (Phi) is 3.03. The second-order valence-corrected chi connectivity index (χ2v) is 9.07. The van der Waals surface area contributed by atoms with Crippen molar-refractivity contribution in [1.82, 2.24) is 0 Å². The zero-order valence-electron chi connectivity index (χ0n) is 17.1. The van der Waals surface area contributed by atoms with Crippen LogP contribution >= 0.6 is 0 Å². The molecule has 7 rings (SSSR count). The van der Waals surface area contributed by atoms with Crippen molar-refractivity contribution in [1.29, 1.82) is 0 Å². The number of ether oxygens (including phenoxy) is 2. The summed E-state index contributed by atoms with van der Waals surface area (Å²) >= 11 is 0. The minimum Gasteiger partial charge on any atom is -0.358 e. The van der Waals surface area contributed by atoms with E-state index < -0.39 is 0 Å². The summed E-state index contributed by atoms with van der Waals surface area (Å²) in [5, 5.41) is 2.55. The first-order valence-corrected chi connectivity index (χ1v) is 10.7. The Morgan fingerprint density at radius 3 is 1.30 bits per heavy atom. The van der Waals surface area contributed by atoms with Crippen molar-refractivity contribution in [2.45, 2.75) is 37.3 Å². The predicted molar refractivity (Wildman–Crippen MR) is 119 cm³/mol. The lowest BCUT2D eigenvalue weighted by molar-refractivity contribution is 0.265. The van der Waals surface area contributed by atoms with Crippen LogP contribution in [0.15, 0.2) is 84.9 Å². The summed E-state index contributed by atoms with van der Waals surface area (Å²) in [6, 6.07) is 30.3.